The number of piperidine rings is 1. The molecule has 0 bridgehead atoms. The fourth-order valence-electron chi connectivity index (χ4n) is 2.86. The van der Waals surface area contributed by atoms with Crippen LogP contribution in [0.1, 0.15) is 50.8 Å². The summed E-state index contributed by atoms with van der Waals surface area (Å²) in [5.41, 5.74) is 6.74. The summed E-state index contributed by atoms with van der Waals surface area (Å²) in [6, 6.07) is -0.0705. The number of hydrogen-bond acceptors (Lipinski definition) is 5. The predicted octanol–water partition coefficient (Wildman–Crippen LogP) is 1.24. The molecule has 1 atom stereocenters. The molecule has 1 fully saturated rings. The predicted molar refractivity (Wildman–Crippen MR) is 93.9 cm³/mol. The molecule has 8 nitrogen and oxygen atoms in total. The van der Waals surface area contributed by atoms with Gasteiger partial charge in [0.1, 0.15) is 11.4 Å². The minimum atomic E-state index is -0.523. The molecule has 1 aliphatic heterocycles. The summed E-state index contributed by atoms with van der Waals surface area (Å²) in [4.78, 5) is 33.5. The number of aryl methyl sites for hydroxylation is 1. The second-order valence-electron chi connectivity index (χ2n) is 7.47. The zero-order valence-electron chi connectivity index (χ0n) is 15.5. The fraction of sp³-hybridized carbons (Fsp3) is 0.706. The number of likely N-dealkylation sites (tertiary alicyclic amines) is 1. The number of ether oxygens (including phenoxy) is 1. The SMILES string of the molecule is Cc1[nH]c(CC(=O)NC2CCCN(C(=O)OC(C)(C)C)C2)nc1CN. The number of nitrogens with one attached hydrogen (secondary N) is 2. The number of nitrogens with zero attached hydrogens (tertiary/aromatic N) is 2. The number of carbonyl (C=O) groups excluding carboxylic acids is 2. The van der Waals surface area contributed by atoms with E-state index in [1.807, 2.05) is 27.7 Å². The van der Waals surface area contributed by atoms with Crippen LogP contribution in [0.4, 0.5) is 4.79 Å². The summed E-state index contributed by atoms with van der Waals surface area (Å²) >= 11 is 0. The normalized spacial score (nSPS) is 18.1. The molecule has 1 saturated heterocycles. The van der Waals surface area contributed by atoms with Crippen LogP contribution in [0.2, 0.25) is 0 Å². The standard InChI is InChI=1S/C17H29N5O3/c1-11-13(9-18)21-14(19-11)8-15(23)20-12-6-5-7-22(10-12)16(24)25-17(2,3)4/h12H,5-10,18H2,1-4H3,(H,19,21)(H,20,23). The minimum absolute atomic E-state index is 0.0705. The van der Waals surface area contributed by atoms with E-state index in [1.54, 1.807) is 4.90 Å². The third kappa shape index (κ3) is 5.74. The van der Waals surface area contributed by atoms with Crippen molar-refractivity contribution in [3.8, 4) is 0 Å². The molecule has 25 heavy (non-hydrogen) atoms. The molecule has 1 aliphatic rings. The maximum Gasteiger partial charge on any atom is 0.410 e. The van der Waals surface area contributed by atoms with E-state index in [4.69, 9.17) is 10.5 Å². The summed E-state index contributed by atoms with van der Waals surface area (Å²) in [5.74, 6) is 0.489. The lowest BCUT2D eigenvalue weighted by molar-refractivity contribution is -0.121. The lowest BCUT2D eigenvalue weighted by Gasteiger charge is -2.34. The first-order valence-electron chi connectivity index (χ1n) is 8.69. The molecule has 0 aliphatic carbocycles. The Morgan fingerprint density at radius 3 is 2.76 bits per heavy atom. The largest absolute Gasteiger partial charge is 0.444 e. The highest BCUT2D eigenvalue weighted by Crippen LogP contribution is 2.15. The molecule has 2 rings (SSSR count). The van der Waals surface area contributed by atoms with Gasteiger partial charge in [0.2, 0.25) is 5.91 Å². The van der Waals surface area contributed by atoms with E-state index >= 15 is 0 Å². The number of carbonyl (C=O) groups is 2. The van der Waals surface area contributed by atoms with Gasteiger partial charge in [0.05, 0.1) is 12.1 Å². The van der Waals surface area contributed by atoms with Crippen LogP contribution in [0, 0.1) is 6.92 Å². The lowest BCUT2D eigenvalue weighted by atomic mass is 10.1. The number of rotatable bonds is 4. The van der Waals surface area contributed by atoms with E-state index in [0.29, 0.717) is 25.5 Å². The molecule has 1 aromatic rings. The number of hydrogen-bond donors (Lipinski definition) is 3. The van der Waals surface area contributed by atoms with Crippen LogP contribution >= 0.6 is 0 Å². The van der Waals surface area contributed by atoms with Gasteiger partial charge < -0.3 is 25.7 Å². The van der Waals surface area contributed by atoms with Gasteiger partial charge in [-0.25, -0.2) is 9.78 Å². The van der Waals surface area contributed by atoms with Crippen molar-refractivity contribution in [2.45, 2.75) is 65.1 Å². The molecule has 1 aromatic heterocycles. The first kappa shape index (κ1) is 19.2. The number of aromatic nitrogens is 2. The number of amides is 2. The highest BCUT2D eigenvalue weighted by Gasteiger charge is 2.28. The fourth-order valence-corrected chi connectivity index (χ4v) is 2.86. The summed E-state index contributed by atoms with van der Waals surface area (Å²) in [6.45, 7) is 8.87. The summed E-state index contributed by atoms with van der Waals surface area (Å²) in [7, 11) is 0. The van der Waals surface area contributed by atoms with Gasteiger partial charge in [-0.15, -0.1) is 0 Å². The quantitative estimate of drug-likeness (QED) is 0.755. The third-order valence-corrected chi connectivity index (χ3v) is 3.99. The van der Waals surface area contributed by atoms with Gasteiger partial charge in [0.25, 0.3) is 0 Å². The number of aromatic amines is 1. The van der Waals surface area contributed by atoms with E-state index < -0.39 is 5.60 Å². The van der Waals surface area contributed by atoms with Crippen molar-refractivity contribution in [1.82, 2.24) is 20.2 Å². The molecular formula is C17H29N5O3. The average Bonchev–Trinajstić information content (AvgIpc) is 2.85. The van der Waals surface area contributed by atoms with Gasteiger partial charge in [0.15, 0.2) is 0 Å². The number of nitrogens with two attached hydrogens (primary N) is 1. The van der Waals surface area contributed by atoms with Gasteiger partial charge >= 0.3 is 6.09 Å². The van der Waals surface area contributed by atoms with Crippen LogP contribution in [0.25, 0.3) is 0 Å². The molecule has 0 saturated carbocycles. The van der Waals surface area contributed by atoms with Crippen LogP contribution < -0.4 is 11.1 Å². The van der Waals surface area contributed by atoms with Crippen molar-refractivity contribution < 1.29 is 14.3 Å². The van der Waals surface area contributed by atoms with Crippen molar-refractivity contribution >= 4 is 12.0 Å². The Hall–Kier alpha value is -2.09. The summed E-state index contributed by atoms with van der Waals surface area (Å²) < 4.78 is 5.40. The Bertz CT molecular complexity index is 620. The highest BCUT2D eigenvalue weighted by molar-refractivity contribution is 5.78. The first-order chi connectivity index (χ1) is 11.7. The van der Waals surface area contributed by atoms with Gasteiger partial charge in [-0.05, 0) is 40.5 Å². The zero-order chi connectivity index (χ0) is 18.6. The molecule has 0 aromatic carbocycles. The Morgan fingerprint density at radius 2 is 2.16 bits per heavy atom. The average molecular weight is 351 g/mol. The minimum Gasteiger partial charge on any atom is -0.444 e. The first-order valence-corrected chi connectivity index (χ1v) is 8.69. The maximum atomic E-state index is 12.3. The van der Waals surface area contributed by atoms with Gasteiger partial charge in [0, 0.05) is 31.4 Å². The molecule has 2 amide bonds. The van der Waals surface area contributed by atoms with Crippen LogP contribution in [0.5, 0.6) is 0 Å². The van der Waals surface area contributed by atoms with Crippen molar-refractivity contribution in [3.05, 3.63) is 17.2 Å². The van der Waals surface area contributed by atoms with Crippen molar-refractivity contribution in [2.75, 3.05) is 13.1 Å². The van der Waals surface area contributed by atoms with Crippen LogP contribution in [-0.2, 0) is 22.5 Å². The summed E-state index contributed by atoms with van der Waals surface area (Å²) in [6.07, 6.45) is 1.52. The second-order valence-corrected chi connectivity index (χ2v) is 7.47. The molecule has 0 radical (unpaired) electrons. The van der Waals surface area contributed by atoms with Gasteiger partial charge in [-0.1, -0.05) is 0 Å². The maximum absolute atomic E-state index is 12.3. The molecule has 1 unspecified atom stereocenters. The van der Waals surface area contributed by atoms with Gasteiger partial charge in [-0.3, -0.25) is 4.79 Å². The van der Waals surface area contributed by atoms with Crippen molar-refractivity contribution in [3.63, 3.8) is 0 Å². The van der Waals surface area contributed by atoms with Crippen LogP contribution in [0.15, 0.2) is 0 Å². The Morgan fingerprint density at radius 1 is 1.44 bits per heavy atom. The third-order valence-electron chi connectivity index (χ3n) is 3.99. The Kier molecular flexibility index (Phi) is 6.05. The topological polar surface area (TPSA) is 113 Å². The monoisotopic (exact) mass is 351 g/mol. The zero-order valence-corrected chi connectivity index (χ0v) is 15.5. The lowest BCUT2D eigenvalue weighted by Crippen LogP contribution is -2.51. The van der Waals surface area contributed by atoms with Crippen molar-refractivity contribution in [2.24, 2.45) is 5.73 Å². The van der Waals surface area contributed by atoms with E-state index in [1.165, 1.54) is 0 Å². The Balaban J connectivity index is 1.86. The van der Waals surface area contributed by atoms with Crippen LogP contribution in [-0.4, -0.2) is 51.6 Å². The molecular weight excluding hydrogens is 322 g/mol. The van der Waals surface area contributed by atoms with Crippen molar-refractivity contribution in [1.29, 1.82) is 0 Å². The Labute approximate surface area is 148 Å². The smallest absolute Gasteiger partial charge is 0.410 e. The van der Waals surface area contributed by atoms with E-state index in [9.17, 15) is 9.59 Å². The molecule has 0 spiro atoms. The molecule has 4 N–H and O–H groups in total. The van der Waals surface area contributed by atoms with E-state index in [0.717, 1.165) is 24.2 Å². The summed E-state index contributed by atoms with van der Waals surface area (Å²) in [5, 5.41) is 2.98. The second kappa shape index (κ2) is 7.86. The highest BCUT2D eigenvalue weighted by atomic mass is 16.6. The molecule has 2 heterocycles. The molecule has 8 heteroatoms. The van der Waals surface area contributed by atoms with E-state index in [2.05, 4.69) is 15.3 Å². The van der Waals surface area contributed by atoms with Gasteiger partial charge in [-0.2, -0.15) is 0 Å². The molecule has 140 valence electrons. The van der Waals surface area contributed by atoms with Crippen LogP contribution in [0.3, 0.4) is 0 Å². The van der Waals surface area contributed by atoms with E-state index in [-0.39, 0.29) is 24.5 Å². The number of imidazole rings is 1. The number of H-pyrrole nitrogens is 1.